The zero-order valence-electron chi connectivity index (χ0n) is 7.19. The number of amides is 1. The summed E-state index contributed by atoms with van der Waals surface area (Å²) in [6.45, 7) is 3.78. The van der Waals surface area contributed by atoms with Gasteiger partial charge in [0.15, 0.2) is 5.03 Å². The number of carbonyl (C=O) groups is 1. The number of hydrogen-bond donors (Lipinski definition) is 0. The summed E-state index contributed by atoms with van der Waals surface area (Å²) in [4.78, 5) is 21.5. The number of rotatable bonds is 2. The third-order valence-electron chi connectivity index (χ3n) is 2.17. The highest BCUT2D eigenvalue weighted by Gasteiger charge is 2.41. The van der Waals surface area contributed by atoms with Gasteiger partial charge >= 0.3 is 0 Å². The first kappa shape index (κ1) is 8.96. The minimum Gasteiger partial charge on any atom is -0.269 e. The summed E-state index contributed by atoms with van der Waals surface area (Å²) >= 11 is 0. The Balaban J connectivity index is 2.77. The summed E-state index contributed by atoms with van der Waals surface area (Å²) in [6.07, 6.45) is 0.918. The highest BCUT2D eigenvalue weighted by molar-refractivity contribution is 5.77. The van der Waals surface area contributed by atoms with Gasteiger partial charge in [-0.25, -0.2) is 10.1 Å². The van der Waals surface area contributed by atoms with Crippen molar-refractivity contribution in [1.29, 1.82) is 0 Å². The number of hydrogen-bond acceptors (Lipinski definition) is 3. The van der Waals surface area contributed by atoms with E-state index >= 15 is 0 Å². The Bertz CT molecular complexity index is 215. The van der Waals surface area contributed by atoms with Gasteiger partial charge in [-0.1, -0.05) is 18.9 Å². The van der Waals surface area contributed by atoms with Gasteiger partial charge in [0.05, 0.1) is 0 Å². The molecule has 5 nitrogen and oxygen atoms in total. The summed E-state index contributed by atoms with van der Waals surface area (Å²) in [5.74, 6) is -0.208. The second kappa shape index (κ2) is 3.08. The third-order valence-corrected chi connectivity index (χ3v) is 2.17. The monoisotopic (exact) mass is 172 g/mol. The second-order valence-electron chi connectivity index (χ2n) is 3.33. The molecule has 1 amide bonds. The SMILES string of the molecule is CC(C)C1CCC(=O)N1[N+](=O)[O-]. The molecule has 1 unspecified atom stereocenters. The van der Waals surface area contributed by atoms with Gasteiger partial charge < -0.3 is 0 Å². The first-order chi connectivity index (χ1) is 5.54. The molecule has 0 N–H and O–H groups in total. The maximum Gasteiger partial charge on any atom is 0.283 e. The van der Waals surface area contributed by atoms with Crippen LogP contribution in [0.1, 0.15) is 26.7 Å². The Morgan fingerprint density at radius 2 is 2.25 bits per heavy atom. The molecule has 0 aromatic heterocycles. The summed E-state index contributed by atoms with van der Waals surface area (Å²) in [7, 11) is 0. The zero-order chi connectivity index (χ0) is 9.30. The molecule has 1 atom stereocenters. The van der Waals surface area contributed by atoms with E-state index in [-0.39, 0.29) is 17.9 Å². The van der Waals surface area contributed by atoms with Gasteiger partial charge in [-0.2, -0.15) is 0 Å². The molecular formula is C7H12N2O3. The topological polar surface area (TPSA) is 63.5 Å². The molecule has 12 heavy (non-hydrogen) atoms. The Morgan fingerprint density at radius 1 is 1.67 bits per heavy atom. The van der Waals surface area contributed by atoms with Crippen LogP contribution >= 0.6 is 0 Å². The van der Waals surface area contributed by atoms with E-state index in [4.69, 9.17) is 0 Å². The van der Waals surface area contributed by atoms with Crippen molar-refractivity contribution in [3.05, 3.63) is 10.1 Å². The minimum atomic E-state index is -0.597. The molecule has 1 heterocycles. The van der Waals surface area contributed by atoms with Crippen LogP contribution in [0, 0.1) is 16.0 Å². The fourth-order valence-electron chi connectivity index (χ4n) is 1.52. The van der Waals surface area contributed by atoms with Crippen molar-refractivity contribution in [2.45, 2.75) is 32.7 Å². The molecule has 0 spiro atoms. The smallest absolute Gasteiger partial charge is 0.269 e. The minimum absolute atomic E-state index is 0.154. The van der Waals surface area contributed by atoms with Gasteiger partial charge in [0, 0.05) is 6.42 Å². The molecule has 0 saturated carbocycles. The summed E-state index contributed by atoms with van der Waals surface area (Å²) < 4.78 is 0. The number of hydrazine groups is 1. The van der Waals surface area contributed by atoms with Crippen LogP contribution in [0.4, 0.5) is 0 Å². The molecule has 0 radical (unpaired) electrons. The molecule has 1 aliphatic rings. The average Bonchev–Trinajstić information content (AvgIpc) is 2.30. The van der Waals surface area contributed by atoms with Crippen molar-refractivity contribution >= 4 is 5.91 Å². The first-order valence-electron chi connectivity index (χ1n) is 4.00. The molecule has 68 valence electrons. The van der Waals surface area contributed by atoms with Gasteiger partial charge in [0.25, 0.3) is 5.91 Å². The average molecular weight is 172 g/mol. The Kier molecular flexibility index (Phi) is 2.30. The van der Waals surface area contributed by atoms with Gasteiger partial charge in [0.1, 0.15) is 6.04 Å². The maximum absolute atomic E-state index is 11.0. The number of nitro groups is 1. The van der Waals surface area contributed by atoms with Crippen molar-refractivity contribution in [2.24, 2.45) is 5.92 Å². The molecule has 1 fully saturated rings. The van der Waals surface area contributed by atoms with Gasteiger partial charge in [-0.15, -0.1) is 0 Å². The van der Waals surface area contributed by atoms with E-state index in [0.717, 1.165) is 5.01 Å². The molecule has 0 aliphatic carbocycles. The molecule has 5 heteroatoms. The second-order valence-corrected chi connectivity index (χ2v) is 3.33. The molecule has 0 bridgehead atoms. The molecular weight excluding hydrogens is 160 g/mol. The highest BCUT2D eigenvalue weighted by atomic mass is 16.7. The quantitative estimate of drug-likeness (QED) is 0.457. The Morgan fingerprint density at radius 3 is 2.58 bits per heavy atom. The predicted octanol–water partition coefficient (Wildman–Crippen LogP) is 0.825. The Hall–Kier alpha value is -1.13. The lowest BCUT2D eigenvalue weighted by molar-refractivity contribution is -0.641. The van der Waals surface area contributed by atoms with E-state index in [1.165, 1.54) is 0 Å². The van der Waals surface area contributed by atoms with Crippen molar-refractivity contribution in [2.75, 3.05) is 0 Å². The van der Waals surface area contributed by atoms with Gasteiger partial charge in [-0.3, -0.25) is 4.79 Å². The maximum atomic E-state index is 11.0. The fourth-order valence-corrected chi connectivity index (χ4v) is 1.52. The van der Waals surface area contributed by atoms with Crippen LogP contribution in [-0.4, -0.2) is 22.0 Å². The molecule has 1 saturated heterocycles. The number of carbonyl (C=O) groups excluding carboxylic acids is 1. The lowest BCUT2D eigenvalue weighted by Gasteiger charge is -2.17. The van der Waals surface area contributed by atoms with Crippen molar-refractivity contribution < 1.29 is 9.83 Å². The summed E-state index contributed by atoms with van der Waals surface area (Å²) in [6, 6.07) is -0.215. The van der Waals surface area contributed by atoms with E-state index in [9.17, 15) is 14.9 Å². The predicted molar refractivity (Wildman–Crippen MR) is 41.7 cm³/mol. The molecule has 1 rings (SSSR count). The lowest BCUT2D eigenvalue weighted by atomic mass is 10.0. The first-order valence-corrected chi connectivity index (χ1v) is 4.00. The van der Waals surface area contributed by atoms with Crippen molar-refractivity contribution in [1.82, 2.24) is 5.01 Å². The van der Waals surface area contributed by atoms with Crippen LogP contribution < -0.4 is 0 Å². The van der Waals surface area contributed by atoms with Crippen LogP contribution in [-0.2, 0) is 4.79 Å². The van der Waals surface area contributed by atoms with E-state index in [2.05, 4.69) is 0 Å². The van der Waals surface area contributed by atoms with E-state index < -0.39 is 5.03 Å². The fraction of sp³-hybridized carbons (Fsp3) is 0.857. The summed E-state index contributed by atoms with van der Waals surface area (Å²) in [5, 5.41) is 10.6. The lowest BCUT2D eigenvalue weighted by Crippen LogP contribution is -2.40. The molecule has 0 aromatic carbocycles. The van der Waals surface area contributed by atoms with Crippen molar-refractivity contribution in [3.63, 3.8) is 0 Å². The van der Waals surface area contributed by atoms with Crippen LogP contribution in [0.3, 0.4) is 0 Å². The van der Waals surface area contributed by atoms with Gasteiger partial charge in [-0.05, 0) is 12.3 Å². The van der Waals surface area contributed by atoms with Crippen LogP contribution in [0.25, 0.3) is 0 Å². The normalized spacial score (nSPS) is 23.8. The van der Waals surface area contributed by atoms with Crippen LogP contribution in [0.15, 0.2) is 0 Å². The zero-order valence-corrected chi connectivity index (χ0v) is 7.19. The molecule has 0 aromatic rings. The van der Waals surface area contributed by atoms with Crippen LogP contribution in [0.5, 0.6) is 0 Å². The summed E-state index contributed by atoms with van der Waals surface area (Å²) in [5.41, 5.74) is 0. The van der Waals surface area contributed by atoms with Crippen molar-refractivity contribution in [3.8, 4) is 0 Å². The molecule has 1 aliphatic heterocycles. The largest absolute Gasteiger partial charge is 0.283 e. The van der Waals surface area contributed by atoms with E-state index in [1.807, 2.05) is 13.8 Å². The van der Waals surface area contributed by atoms with Crippen LogP contribution in [0.2, 0.25) is 0 Å². The van der Waals surface area contributed by atoms with E-state index in [1.54, 1.807) is 0 Å². The Labute approximate surface area is 70.5 Å². The van der Waals surface area contributed by atoms with E-state index in [0.29, 0.717) is 12.8 Å². The number of nitrogens with zero attached hydrogens (tertiary/aromatic N) is 2. The van der Waals surface area contributed by atoms with Gasteiger partial charge in [0.2, 0.25) is 0 Å². The highest BCUT2D eigenvalue weighted by Crippen LogP contribution is 2.24. The standard InChI is InChI=1S/C7H12N2O3/c1-5(2)6-3-4-7(10)8(6)9(11)12/h5-6H,3-4H2,1-2H3. The third kappa shape index (κ3) is 1.39.